The van der Waals surface area contributed by atoms with Crippen LogP contribution in [0.15, 0.2) is 0 Å². The first-order chi connectivity index (χ1) is 11.4. The van der Waals surface area contributed by atoms with E-state index in [0.717, 1.165) is 51.4 Å². The van der Waals surface area contributed by atoms with Gasteiger partial charge in [-0.2, -0.15) is 0 Å². The third kappa shape index (κ3) is 18.6. The summed E-state index contributed by atoms with van der Waals surface area (Å²) in [5.41, 5.74) is 0. The SMILES string of the molecule is CCCCCCCCCCC(CCCCCC(O)CC)S(=O)(=O)[O-].[K+]. The van der Waals surface area contributed by atoms with Crippen LogP contribution >= 0.6 is 0 Å². The third-order valence-corrected chi connectivity index (χ3v) is 6.11. The molecule has 0 saturated carbocycles. The molecule has 0 bridgehead atoms. The minimum Gasteiger partial charge on any atom is -0.748 e. The normalized spacial score (nSPS) is 14.1. The van der Waals surface area contributed by atoms with E-state index in [0.29, 0.717) is 12.8 Å². The van der Waals surface area contributed by atoms with Crippen molar-refractivity contribution in [2.75, 3.05) is 0 Å². The van der Waals surface area contributed by atoms with E-state index >= 15 is 0 Å². The number of hydrogen-bond acceptors (Lipinski definition) is 4. The van der Waals surface area contributed by atoms with Gasteiger partial charge in [-0.3, -0.25) is 0 Å². The average Bonchev–Trinajstić information content (AvgIpc) is 2.53. The van der Waals surface area contributed by atoms with Crippen molar-refractivity contribution in [3.63, 3.8) is 0 Å². The standard InChI is InChI=1S/C19H40O4S.K/c1-3-5-6-7-8-9-10-13-16-19(24(21,22)23)17-14-11-12-15-18(20)4-2;/h18-20H,3-17H2,1-2H3,(H,21,22,23);/q;+1/p-1. The number of unbranched alkanes of at least 4 members (excludes halogenated alkanes) is 9. The molecule has 0 amide bonds. The Morgan fingerprint density at radius 1 is 0.760 bits per heavy atom. The van der Waals surface area contributed by atoms with Crippen LogP contribution in [0.2, 0.25) is 0 Å². The summed E-state index contributed by atoms with van der Waals surface area (Å²) < 4.78 is 34.2. The van der Waals surface area contributed by atoms with Crippen molar-refractivity contribution >= 4 is 10.1 Å². The van der Waals surface area contributed by atoms with Gasteiger partial charge in [-0.1, -0.05) is 84.5 Å². The summed E-state index contributed by atoms with van der Waals surface area (Å²) in [5.74, 6) is 0. The van der Waals surface area contributed by atoms with Gasteiger partial charge in [0.2, 0.25) is 0 Å². The van der Waals surface area contributed by atoms with Crippen LogP contribution in [-0.4, -0.2) is 29.4 Å². The zero-order chi connectivity index (χ0) is 18.3. The van der Waals surface area contributed by atoms with Crippen LogP contribution in [0.25, 0.3) is 0 Å². The Balaban J connectivity index is 0. The number of aliphatic hydroxyl groups is 1. The van der Waals surface area contributed by atoms with Crippen LogP contribution in [0.4, 0.5) is 0 Å². The predicted octanol–water partition coefficient (Wildman–Crippen LogP) is 2.16. The van der Waals surface area contributed by atoms with Crippen LogP contribution in [-0.2, 0) is 10.1 Å². The maximum absolute atomic E-state index is 11.4. The number of hydrogen-bond donors (Lipinski definition) is 1. The van der Waals surface area contributed by atoms with Crippen molar-refractivity contribution in [2.24, 2.45) is 0 Å². The van der Waals surface area contributed by atoms with Crippen molar-refractivity contribution in [1.29, 1.82) is 0 Å². The van der Waals surface area contributed by atoms with Crippen molar-refractivity contribution < 1.29 is 69.5 Å². The zero-order valence-corrected chi connectivity index (χ0v) is 20.8. The Labute approximate surface area is 199 Å². The number of rotatable bonds is 17. The van der Waals surface area contributed by atoms with Gasteiger partial charge in [0.15, 0.2) is 0 Å². The molecule has 0 saturated heterocycles. The van der Waals surface area contributed by atoms with Gasteiger partial charge in [0, 0.05) is 5.25 Å². The summed E-state index contributed by atoms with van der Waals surface area (Å²) in [5, 5.41) is 8.77. The first kappa shape index (κ1) is 28.7. The van der Waals surface area contributed by atoms with E-state index in [2.05, 4.69) is 6.92 Å². The van der Waals surface area contributed by atoms with Gasteiger partial charge in [0.25, 0.3) is 0 Å². The van der Waals surface area contributed by atoms with Gasteiger partial charge in [-0.25, -0.2) is 8.42 Å². The van der Waals surface area contributed by atoms with Crippen LogP contribution < -0.4 is 51.4 Å². The average molecular weight is 403 g/mol. The van der Waals surface area contributed by atoms with E-state index in [1.165, 1.54) is 32.1 Å². The van der Waals surface area contributed by atoms with Gasteiger partial charge in [0.1, 0.15) is 0 Å². The van der Waals surface area contributed by atoms with Crippen LogP contribution in [0.3, 0.4) is 0 Å². The minimum absolute atomic E-state index is 0. The third-order valence-electron chi connectivity index (χ3n) is 4.82. The topological polar surface area (TPSA) is 77.4 Å². The first-order valence-electron chi connectivity index (χ1n) is 10.0. The molecule has 0 aliphatic rings. The van der Waals surface area contributed by atoms with Crippen molar-refractivity contribution in [1.82, 2.24) is 0 Å². The van der Waals surface area contributed by atoms with Crippen molar-refractivity contribution in [3.8, 4) is 0 Å². The smallest absolute Gasteiger partial charge is 0.748 e. The van der Waals surface area contributed by atoms with E-state index < -0.39 is 15.4 Å². The molecule has 2 atom stereocenters. The summed E-state index contributed by atoms with van der Waals surface area (Å²) in [6.45, 7) is 4.16. The van der Waals surface area contributed by atoms with Crippen molar-refractivity contribution in [2.45, 2.75) is 122 Å². The van der Waals surface area contributed by atoms with Gasteiger partial charge >= 0.3 is 51.4 Å². The Kier molecular flexibility index (Phi) is 21.7. The van der Waals surface area contributed by atoms with Crippen LogP contribution in [0, 0.1) is 0 Å². The fourth-order valence-corrected chi connectivity index (χ4v) is 3.98. The van der Waals surface area contributed by atoms with Gasteiger partial charge in [-0.05, 0) is 25.7 Å². The Morgan fingerprint density at radius 3 is 1.60 bits per heavy atom. The molecule has 0 spiro atoms. The molecule has 146 valence electrons. The summed E-state index contributed by atoms with van der Waals surface area (Å²) in [4.78, 5) is 0. The molecule has 0 fully saturated rings. The molecule has 0 rings (SSSR count). The summed E-state index contributed by atoms with van der Waals surface area (Å²) in [6.07, 6.45) is 14.2. The van der Waals surface area contributed by atoms with Crippen molar-refractivity contribution in [3.05, 3.63) is 0 Å². The van der Waals surface area contributed by atoms with E-state index in [1.807, 2.05) is 6.92 Å². The fraction of sp³-hybridized carbons (Fsp3) is 1.00. The molecule has 0 heterocycles. The minimum atomic E-state index is -4.18. The molecule has 0 aromatic carbocycles. The molecular weight excluding hydrogens is 363 g/mol. The van der Waals surface area contributed by atoms with Crippen LogP contribution in [0.5, 0.6) is 0 Å². The van der Waals surface area contributed by atoms with Gasteiger partial charge in [0.05, 0.1) is 16.2 Å². The summed E-state index contributed by atoms with van der Waals surface area (Å²) in [7, 11) is -4.18. The molecule has 2 unspecified atom stereocenters. The van der Waals surface area contributed by atoms with E-state index in [9.17, 15) is 18.1 Å². The Hall–Kier alpha value is 1.51. The largest absolute Gasteiger partial charge is 1.00 e. The number of aliphatic hydroxyl groups excluding tert-OH is 1. The monoisotopic (exact) mass is 402 g/mol. The molecular formula is C19H39KO4S. The molecule has 1 N–H and O–H groups in total. The Morgan fingerprint density at radius 2 is 1.16 bits per heavy atom. The van der Waals surface area contributed by atoms with Gasteiger partial charge < -0.3 is 9.66 Å². The van der Waals surface area contributed by atoms with E-state index in [1.54, 1.807) is 0 Å². The molecule has 25 heavy (non-hydrogen) atoms. The van der Waals surface area contributed by atoms with E-state index in [4.69, 9.17) is 0 Å². The maximum Gasteiger partial charge on any atom is 1.00 e. The molecule has 6 heteroatoms. The molecule has 0 radical (unpaired) electrons. The second kappa shape index (κ2) is 18.9. The van der Waals surface area contributed by atoms with Gasteiger partial charge in [-0.15, -0.1) is 0 Å². The Bertz CT molecular complexity index is 374. The second-order valence-electron chi connectivity index (χ2n) is 7.08. The first-order valence-corrected chi connectivity index (χ1v) is 11.5. The fourth-order valence-electron chi connectivity index (χ4n) is 3.07. The second-order valence-corrected chi connectivity index (χ2v) is 8.73. The molecule has 4 nitrogen and oxygen atoms in total. The molecule has 0 aliphatic heterocycles. The zero-order valence-electron chi connectivity index (χ0n) is 16.8. The molecule has 0 aliphatic carbocycles. The molecule has 0 aromatic rings. The summed E-state index contributed by atoms with van der Waals surface area (Å²) >= 11 is 0. The van der Waals surface area contributed by atoms with E-state index in [-0.39, 0.29) is 57.5 Å². The summed E-state index contributed by atoms with van der Waals surface area (Å²) in [6, 6.07) is 0. The maximum atomic E-state index is 11.4. The quantitative estimate of drug-likeness (QED) is 0.230. The molecule has 0 aromatic heterocycles. The van der Waals surface area contributed by atoms with Crippen LogP contribution in [0.1, 0.15) is 110 Å². The predicted molar refractivity (Wildman–Crippen MR) is 100 cm³/mol.